The molecule has 1 amide bonds. The Morgan fingerprint density at radius 3 is 2.52 bits per heavy atom. The van der Waals surface area contributed by atoms with Crippen LogP contribution in [0.3, 0.4) is 0 Å². The quantitative estimate of drug-likeness (QED) is 0.573. The van der Waals surface area contributed by atoms with E-state index in [1.807, 2.05) is 13.8 Å². The van der Waals surface area contributed by atoms with Crippen LogP contribution in [-0.2, 0) is 18.0 Å². The van der Waals surface area contributed by atoms with Crippen molar-refractivity contribution in [2.24, 2.45) is 13.0 Å². The molecule has 0 bridgehead atoms. The summed E-state index contributed by atoms with van der Waals surface area (Å²) < 4.78 is 46.6. The molecule has 154 valence electrons. The van der Waals surface area contributed by atoms with Gasteiger partial charge >= 0.3 is 6.18 Å². The molecule has 6 nitrogen and oxygen atoms in total. The fraction of sp³-hybridized carbons (Fsp3) is 0.316. The summed E-state index contributed by atoms with van der Waals surface area (Å²) in [6.45, 7) is 3.63. The normalized spacial score (nSPS) is 12.9. The predicted octanol–water partition coefficient (Wildman–Crippen LogP) is 4.85. The first-order chi connectivity index (χ1) is 13.7. The Balaban J connectivity index is 1.82. The van der Waals surface area contributed by atoms with Crippen LogP contribution in [0.5, 0.6) is 0 Å². The third-order valence-corrected chi connectivity index (χ3v) is 5.74. The number of furan rings is 1. The average molecular weight is 424 g/mol. The highest BCUT2D eigenvalue weighted by Crippen LogP contribution is 2.36. The van der Waals surface area contributed by atoms with Gasteiger partial charge in [0.05, 0.1) is 22.8 Å². The van der Waals surface area contributed by atoms with E-state index in [0.29, 0.717) is 16.7 Å². The number of nitrogens with one attached hydrogen (secondary N) is 1. The van der Waals surface area contributed by atoms with E-state index in [1.54, 1.807) is 23.7 Å². The first-order valence-corrected chi connectivity index (χ1v) is 9.63. The van der Waals surface area contributed by atoms with Crippen molar-refractivity contribution < 1.29 is 22.4 Å². The molecule has 29 heavy (non-hydrogen) atoms. The number of nitrogens with zero attached hydrogens (tertiary/aromatic N) is 3. The molecule has 1 atom stereocenters. The van der Waals surface area contributed by atoms with Crippen LogP contribution in [0.25, 0.3) is 11.6 Å². The standard InChI is InChI=1S/C19H19F3N4O2S/c1-11(2)15(17(27)23-13-8-5-4-7-12(13)19(20,21)22)29-18-25-24-16(26(18)3)14-9-6-10-28-14/h4-11,15H,1-3H3,(H,23,27). The van der Waals surface area contributed by atoms with Crippen molar-refractivity contribution in [2.45, 2.75) is 30.4 Å². The zero-order valence-electron chi connectivity index (χ0n) is 15.9. The highest BCUT2D eigenvalue weighted by molar-refractivity contribution is 8.00. The minimum absolute atomic E-state index is 0.165. The van der Waals surface area contributed by atoms with Gasteiger partial charge in [-0.2, -0.15) is 13.2 Å². The van der Waals surface area contributed by atoms with E-state index in [-0.39, 0.29) is 11.6 Å². The highest BCUT2D eigenvalue weighted by atomic mass is 32.2. The summed E-state index contributed by atoms with van der Waals surface area (Å²) in [7, 11) is 1.73. The molecule has 10 heteroatoms. The molecule has 0 aliphatic rings. The van der Waals surface area contributed by atoms with Crippen molar-refractivity contribution in [3.05, 3.63) is 48.2 Å². The van der Waals surface area contributed by atoms with Crippen LogP contribution in [0.4, 0.5) is 18.9 Å². The molecule has 0 spiro atoms. The van der Waals surface area contributed by atoms with Crippen LogP contribution < -0.4 is 5.32 Å². The van der Waals surface area contributed by atoms with Crippen molar-refractivity contribution in [3.63, 3.8) is 0 Å². The molecule has 2 aromatic heterocycles. The van der Waals surface area contributed by atoms with Gasteiger partial charge in [-0.3, -0.25) is 4.79 Å². The minimum Gasteiger partial charge on any atom is -0.461 e. The number of hydrogen-bond donors (Lipinski definition) is 1. The summed E-state index contributed by atoms with van der Waals surface area (Å²) in [5.41, 5.74) is -1.16. The first-order valence-electron chi connectivity index (χ1n) is 8.75. The van der Waals surface area contributed by atoms with Gasteiger partial charge in [0.1, 0.15) is 0 Å². The third-order valence-electron chi connectivity index (χ3n) is 4.16. The fourth-order valence-electron chi connectivity index (χ4n) is 2.69. The van der Waals surface area contributed by atoms with Gasteiger partial charge in [-0.1, -0.05) is 37.7 Å². The Morgan fingerprint density at radius 1 is 1.17 bits per heavy atom. The zero-order chi connectivity index (χ0) is 21.2. The zero-order valence-corrected chi connectivity index (χ0v) is 16.7. The first kappa shape index (κ1) is 21.0. The third kappa shape index (κ3) is 4.64. The molecular formula is C19H19F3N4O2S. The molecule has 1 N–H and O–H groups in total. The maximum atomic E-state index is 13.2. The molecule has 1 unspecified atom stereocenters. The Kier molecular flexibility index (Phi) is 6.02. The Labute approximate surface area is 169 Å². The molecule has 3 aromatic rings. The number of alkyl halides is 3. The molecule has 0 radical (unpaired) electrons. The number of halogens is 3. The van der Waals surface area contributed by atoms with Crippen LogP contribution in [0.15, 0.2) is 52.2 Å². The Morgan fingerprint density at radius 2 is 1.90 bits per heavy atom. The smallest absolute Gasteiger partial charge is 0.418 e. The summed E-state index contributed by atoms with van der Waals surface area (Å²) in [5, 5.41) is 10.4. The second-order valence-electron chi connectivity index (χ2n) is 6.66. The van der Waals surface area contributed by atoms with Crippen LogP contribution in [-0.4, -0.2) is 25.9 Å². The molecule has 0 saturated carbocycles. The van der Waals surface area contributed by atoms with Crippen LogP contribution in [0.2, 0.25) is 0 Å². The Hall–Kier alpha value is -2.75. The van der Waals surface area contributed by atoms with Crippen molar-refractivity contribution in [3.8, 4) is 11.6 Å². The highest BCUT2D eigenvalue weighted by Gasteiger charge is 2.35. The van der Waals surface area contributed by atoms with Gasteiger partial charge in [0, 0.05) is 7.05 Å². The fourth-order valence-corrected chi connectivity index (χ4v) is 3.68. The molecule has 1 aromatic carbocycles. The molecule has 3 rings (SSSR count). The van der Waals surface area contributed by atoms with Gasteiger partial charge in [0.15, 0.2) is 16.7 Å². The predicted molar refractivity (Wildman–Crippen MR) is 103 cm³/mol. The van der Waals surface area contributed by atoms with Crippen LogP contribution in [0.1, 0.15) is 19.4 Å². The van der Waals surface area contributed by atoms with E-state index in [4.69, 9.17) is 4.42 Å². The van der Waals surface area contributed by atoms with E-state index < -0.39 is 22.9 Å². The number of carbonyl (C=O) groups excluding carboxylic acids is 1. The van der Waals surface area contributed by atoms with E-state index in [9.17, 15) is 18.0 Å². The maximum Gasteiger partial charge on any atom is 0.418 e. The van der Waals surface area contributed by atoms with Gasteiger partial charge in [-0.25, -0.2) is 0 Å². The molecular weight excluding hydrogens is 405 g/mol. The number of amides is 1. The number of aromatic nitrogens is 3. The number of carbonyl (C=O) groups is 1. The largest absolute Gasteiger partial charge is 0.461 e. The molecule has 0 aliphatic carbocycles. The van der Waals surface area contributed by atoms with E-state index in [0.717, 1.165) is 17.8 Å². The van der Waals surface area contributed by atoms with Crippen molar-refractivity contribution >= 4 is 23.4 Å². The molecule has 0 aliphatic heterocycles. The van der Waals surface area contributed by atoms with Gasteiger partial charge in [-0.05, 0) is 30.2 Å². The number of rotatable bonds is 6. The van der Waals surface area contributed by atoms with E-state index in [1.165, 1.54) is 24.5 Å². The number of hydrogen-bond acceptors (Lipinski definition) is 5. The summed E-state index contributed by atoms with van der Waals surface area (Å²) in [6.07, 6.45) is -3.05. The maximum absolute atomic E-state index is 13.2. The number of thioether (sulfide) groups is 1. The van der Waals surface area contributed by atoms with Crippen molar-refractivity contribution in [1.82, 2.24) is 14.8 Å². The SMILES string of the molecule is CC(C)C(Sc1nnc(-c2ccco2)n1C)C(=O)Nc1ccccc1C(F)(F)F. The van der Waals surface area contributed by atoms with Crippen molar-refractivity contribution in [2.75, 3.05) is 5.32 Å². The van der Waals surface area contributed by atoms with Gasteiger partial charge in [0.2, 0.25) is 5.91 Å². The lowest BCUT2D eigenvalue weighted by Gasteiger charge is -2.21. The summed E-state index contributed by atoms with van der Waals surface area (Å²) in [4.78, 5) is 12.8. The average Bonchev–Trinajstić information content (AvgIpc) is 3.28. The van der Waals surface area contributed by atoms with Gasteiger partial charge in [-0.15, -0.1) is 10.2 Å². The van der Waals surface area contributed by atoms with Gasteiger partial charge < -0.3 is 14.3 Å². The number of benzene rings is 1. The lowest BCUT2D eigenvalue weighted by Crippen LogP contribution is -2.30. The van der Waals surface area contributed by atoms with E-state index >= 15 is 0 Å². The summed E-state index contributed by atoms with van der Waals surface area (Å²) in [6, 6.07) is 8.35. The Bertz CT molecular complexity index is 984. The lowest BCUT2D eigenvalue weighted by molar-refractivity contribution is -0.137. The lowest BCUT2D eigenvalue weighted by atomic mass is 10.1. The summed E-state index contributed by atoms with van der Waals surface area (Å²) in [5.74, 6) is 0.311. The van der Waals surface area contributed by atoms with E-state index in [2.05, 4.69) is 15.5 Å². The second-order valence-corrected chi connectivity index (χ2v) is 7.77. The molecule has 2 heterocycles. The molecule has 0 saturated heterocycles. The summed E-state index contributed by atoms with van der Waals surface area (Å²) >= 11 is 1.14. The monoisotopic (exact) mass is 424 g/mol. The topological polar surface area (TPSA) is 73.0 Å². The van der Waals surface area contributed by atoms with Crippen molar-refractivity contribution in [1.29, 1.82) is 0 Å². The van der Waals surface area contributed by atoms with Crippen LogP contribution >= 0.6 is 11.8 Å². The number of para-hydroxylation sites is 1. The minimum atomic E-state index is -4.56. The molecule has 0 fully saturated rings. The second kappa shape index (κ2) is 8.32. The van der Waals surface area contributed by atoms with Crippen LogP contribution in [0, 0.1) is 5.92 Å². The van der Waals surface area contributed by atoms with Gasteiger partial charge in [0.25, 0.3) is 0 Å². The number of anilines is 1.